The largest absolute Gasteiger partial charge is 0.426 e. The molecular formula is C12H16O3. The van der Waals surface area contributed by atoms with E-state index >= 15 is 0 Å². The van der Waals surface area contributed by atoms with Gasteiger partial charge in [-0.2, -0.15) is 0 Å². The Bertz CT molecular complexity index is 346. The van der Waals surface area contributed by atoms with E-state index < -0.39 is 0 Å². The fraction of sp³-hybridized carbons (Fsp3) is 0.417. The van der Waals surface area contributed by atoms with Gasteiger partial charge >= 0.3 is 5.97 Å². The van der Waals surface area contributed by atoms with Gasteiger partial charge in [0.1, 0.15) is 5.75 Å². The van der Waals surface area contributed by atoms with Crippen LogP contribution in [0.1, 0.15) is 23.6 Å². The van der Waals surface area contributed by atoms with Gasteiger partial charge < -0.3 is 9.84 Å². The Morgan fingerprint density at radius 2 is 1.87 bits per heavy atom. The zero-order valence-corrected chi connectivity index (χ0v) is 9.33. The molecule has 0 saturated heterocycles. The summed E-state index contributed by atoms with van der Waals surface area (Å²) in [6.45, 7) is 5.31. The second-order valence-electron chi connectivity index (χ2n) is 3.63. The van der Waals surface area contributed by atoms with Crippen LogP contribution in [-0.2, 0) is 11.2 Å². The van der Waals surface area contributed by atoms with Crippen molar-refractivity contribution in [3.8, 4) is 5.75 Å². The summed E-state index contributed by atoms with van der Waals surface area (Å²) in [5.41, 5.74) is 2.91. The van der Waals surface area contributed by atoms with Crippen LogP contribution in [0, 0.1) is 13.8 Å². The molecule has 0 aromatic heterocycles. The van der Waals surface area contributed by atoms with Crippen molar-refractivity contribution in [3.63, 3.8) is 0 Å². The highest BCUT2D eigenvalue weighted by Gasteiger charge is 2.08. The van der Waals surface area contributed by atoms with Crippen LogP contribution in [0.25, 0.3) is 0 Å². The number of rotatable bonds is 3. The molecule has 1 N–H and O–H groups in total. The normalized spacial score (nSPS) is 10.1. The first-order valence-electron chi connectivity index (χ1n) is 4.94. The maximum Gasteiger partial charge on any atom is 0.308 e. The first-order chi connectivity index (χ1) is 7.04. The Hall–Kier alpha value is -1.35. The monoisotopic (exact) mass is 208 g/mol. The standard InChI is InChI=1S/C12H16O3/c1-8-6-11(4-5-13)7-9(2)12(8)15-10(3)14/h6-7,13H,4-5H2,1-3H3. The van der Waals surface area contributed by atoms with Crippen molar-refractivity contribution in [2.75, 3.05) is 6.61 Å². The van der Waals surface area contributed by atoms with Crippen molar-refractivity contribution in [3.05, 3.63) is 28.8 Å². The Morgan fingerprint density at radius 1 is 1.33 bits per heavy atom. The van der Waals surface area contributed by atoms with Crippen LogP contribution in [-0.4, -0.2) is 17.7 Å². The lowest BCUT2D eigenvalue weighted by atomic mass is 10.0. The predicted octanol–water partition coefficient (Wildman–Crippen LogP) is 1.76. The molecule has 0 spiro atoms. The van der Waals surface area contributed by atoms with E-state index in [1.807, 2.05) is 26.0 Å². The summed E-state index contributed by atoms with van der Waals surface area (Å²) < 4.78 is 5.11. The van der Waals surface area contributed by atoms with Crippen LogP contribution in [0.15, 0.2) is 12.1 Å². The molecule has 0 saturated carbocycles. The number of hydrogen-bond acceptors (Lipinski definition) is 3. The molecular weight excluding hydrogens is 192 g/mol. The predicted molar refractivity (Wildman–Crippen MR) is 58.0 cm³/mol. The SMILES string of the molecule is CC(=O)Oc1c(C)cc(CCO)cc1C. The minimum Gasteiger partial charge on any atom is -0.426 e. The molecule has 0 fully saturated rings. The molecule has 3 nitrogen and oxygen atoms in total. The van der Waals surface area contributed by atoms with Gasteiger partial charge in [-0.1, -0.05) is 12.1 Å². The smallest absolute Gasteiger partial charge is 0.308 e. The highest BCUT2D eigenvalue weighted by Crippen LogP contribution is 2.25. The number of benzene rings is 1. The first kappa shape index (κ1) is 11.7. The van der Waals surface area contributed by atoms with Gasteiger partial charge in [0.25, 0.3) is 0 Å². The molecule has 82 valence electrons. The zero-order valence-electron chi connectivity index (χ0n) is 9.33. The van der Waals surface area contributed by atoms with Gasteiger partial charge in [-0.25, -0.2) is 0 Å². The van der Waals surface area contributed by atoms with E-state index in [0.717, 1.165) is 16.7 Å². The molecule has 1 aromatic rings. The summed E-state index contributed by atoms with van der Waals surface area (Å²) in [4.78, 5) is 10.9. The lowest BCUT2D eigenvalue weighted by Gasteiger charge is -2.11. The Labute approximate surface area is 89.7 Å². The number of esters is 1. The molecule has 0 aliphatic rings. The van der Waals surface area contributed by atoms with Crippen molar-refractivity contribution in [1.29, 1.82) is 0 Å². The van der Waals surface area contributed by atoms with Crippen LogP contribution in [0.5, 0.6) is 5.75 Å². The number of aliphatic hydroxyl groups excluding tert-OH is 1. The van der Waals surface area contributed by atoms with Crippen molar-refractivity contribution < 1.29 is 14.6 Å². The maximum atomic E-state index is 10.9. The summed E-state index contributed by atoms with van der Waals surface area (Å²) in [5, 5.41) is 8.83. The summed E-state index contributed by atoms with van der Waals surface area (Å²) in [7, 11) is 0. The number of ether oxygens (including phenoxy) is 1. The molecule has 1 rings (SSSR count). The number of carbonyl (C=O) groups excluding carboxylic acids is 1. The van der Waals surface area contributed by atoms with Crippen LogP contribution in [0.3, 0.4) is 0 Å². The lowest BCUT2D eigenvalue weighted by molar-refractivity contribution is -0.131. The minimum absolute atomic E-state index is 0.131. The molecule has 0 unspecified atom stereocenters. The molecule has 0 bridgehead atoms. The average Bonchev–Trinajstić information content (AvgIpc) is 2.11. The van der Waals surface area contributed by atoms with E-state index in [4.69, 9.17) is 9.84 Å². The van der Waals surface area contributed by atoms with Gasteiger partial charge in [-0.05, 0) is 37.0 Å². The van der Waals surface area contributed by atoms with Crippen LogP contribution >= 0.6 is 0 Å². The highest BCUT2D eigenvalue weighted by molar-refractivity contribution is 5.70. The second kappa shape index (κ2) is 4.94. The first-order valence-corrected chi connectivity index (χ1v) is 4.94. The third kappa shape index (κ3) is 3.06. The second-order valence-corrected chi connectivity index (χ2v) is 3.63. The molecule has 0 amide bonds. The van der Waals surface area contributed by atoms with Gasteiger partial charge in [0.2, 0.25) is 0 Å². The third-order valence-corrected chi connectivity index (χ3v) is 2.17. The number of aryl methyl sites for hydroxylation is 2. The number of aliphatic hydroxyl groups is 1. The summed E-state index contributed by atoms with van der Waals surface area (Å²) in [5.74, 6) is 0.320. The minimum atomic E-state index is -0.309. The Kier molecular flexibility index (Phi) is 3.86. The topological polar surface area (TPSA) is 46.5 Å². The van der Waals surface area contributed by atoms with Crippen LogP contribution in [0.4, 0.5) is 0 Å². The summed E-state index contributed by atoms with van der Waals surface area (Å²) in [6.07, 6.45) is 0.627. The maximum absolute atomic E-state index is 10.9. The van der Waals surface area contributed by atoms with E-state index in [1.54, 1.807) is 0 Å². The molecule has 0 radical (unpaired) electrons. The van der Waals surface area contributed by atoms with Gasteiger partial charge in [-0.3, -0.25) is 4.79 Å². The number of hydrogen-bond donors (Lipinski definition) is 1. The molecule has 3 heteroatoms. The molecule has 0 atom stereocenters. The molecule has 1 aromatic carbocycles. The van der Waals surface area contributed by atoms with Crippen molar-refractivity contribution in [2.45, 2.75) is 27.2 Å². The highest BCUT2D eigenvalue weighted by atomic mass is 16.5. The zero-order chi connectivity index (χ0) is 11.4. The summed E-state index contributed by atoms with van der Waals surface area (Å²) >= 11 is 0. The van der Waals surface area contributed by atoms with Gasteiger partial charge in [0.15, 0.2) is 0 Å². The van der Waals surface area contributed by atoms with E-state index in [1.165, 1.54) is 6.92 Å². The van der Waals surface area contributed by atoms with Gasteiger partial charge in [0.05, 0.1) is 0 Å². The summed E-state index contributed by atoms with van der Waals surface area (Å²) in [6, 6.07) is 3.86. The van der Waals surface area contributed by atoms with Crippen molar-refractivity contribution in [2.24, 2.45) is 0 Å². The van der Waals surface area contributed by atoms with E-state index in [9.17, 15) is 4.79 Å². The average molecular weight is 208 g/mol. The molecule has 0 aliphatic carbocycles. The van der Waals surface area contributed by atoms with E-state index in [0.29, 0.717) is 12.2 Å². The van der Waals surface area contributed by atoms with Gasteiger partial charge in [-0.15, -0.1) is 0 Å². The van der Waals surface area contributed by atoms with Gasteiger partial charge in [0, 0.05) is 13.5 Å². The fourth-order valence-corrected chi connectivity index (χ4v) is 1.62. The molecule has 0 heterocycles. The van der Waals surface area contributed by atoms with Crippen molar-refractivity contribution >= 4 is 5.97 Å². The van der Waals surface area contributed by atoms with Crippen molar-refractivity contribution in [1.82, 2.24) is 0 Å². The molecule has 15 heavy (non-hydrogen) atoms. The number of carbonyl (C=O) groups is 1. The Balaban J connectivity index is 3.03. The van der Waals surface area contributed by atoms with E-state index in [2.05, 4.69) is 0 Å². The lowest BCUT2D eigenvalue weighted by Crippen LogP contribution is -2.05. The molecule has 0 aliphatic heterocycles. The van der Waals surface area contributed by atoms with Crippen LogP contribution < -0.4 is 4.74 Å². The Morgan fingerprint density at radius 3 is 2.27 bits per heavy atom. The third-order valence-electron chi connectivity index (χ3n) is 2.17. The van der Waals surface area contributed by atoms with E-state index in [-0.39, 0.29) is 12.6 Å². The fourth-order valence-electron chi connectivity index (χ4n) is 1.62. The quantitative estimate of drug-likeness (QED) is 0.608. The van der Waals surface area contributed by atoms with Crippen LogP contribution in [0.2, 0.25) is 0 Å².